The Morgan fingerprint density at radius 3 is 3.04 bits per heavy atom. The third-order valence-corrected chi connectivity index (χ3v) is 4.72. The van der Waals surface area contributed by atoms with Crippen LogP contribution in [0.3, 0.4) is 0 Å². The maximum Gasteiger partial charge on any atom is 0.259 e. The van der Waals surface area contributed by atoms with Gasteiger partial charge in [-0.25, -0.2) is 4.98 Å². The van der Waals surface area contributed by atoms with Gasteiger partial charge in [-0.3, -0.25) is 9.78 Å². The number of aromatic nitrogens is 3. The molecule has 2 aromatic heterocycles. The van der Waals surface area contributed by atoms with E-state index in [1.807, 2.05) is 6.92 Å². The van der Waals surface area contributed by atoms with Crippen molar-refractivity contribution in [1.82, 2.24) is 20.0 Å². The molecule has 2 aliphatic heterocycles. The van der Waals surface area contributed by atoms with Gasteiger partial charge in [0.25, 0.3) is 5.91 Å². The van der Waals surface area contributed by atoms with Crippen molar-refractivity contribution in [3.63, 3.8) is 0 Å². The Balaban J connectivity index is 1.37. The van der Waals surface area contributed by atoms with Crippen LogP contribution in [0.2, 0.25) is 0 Å². The summed E-state index contributed by atoms with van der Waals surface area (Å²) in [5.74, 6) is 1.09. The average molecular weight is 344 g/mol. The largest absolute Gasteiger partial charge is 0.473 e. The highest BCUT2D eigenvalue weighted by Gasteiger charge is 2.50. The standard InChI is InChI=1S/C17H20N4O4/c1-2-14-13(8-20-25-14)16(22)21-10-17(11-21)7-12(3-6-23-17)24-15-9-18-4-5-19-15/h4-5,8-9,12H,2-3,6-7,10-11H2,1H3/t12-/m1/s1. The predicted molar refractivity (Wildman–Crippen MR) is 86.1 cm³/mol. The van der Waals surface area contributed by atoms with Crippen LogP contribution in [0.5, 0.6) is 5.88 Å². The Morgan fingerprint density at radius 2 is 2.28 bits per heavy atom. The van der Waals surface area contributed by atoms with Crippen LogP contribution in [-0.2, 0) is 11.2 Å². The second kappa shape index (κ2) is 6.44. The van der Waals surface area contributed by atoms with Gasteiger partial charge in [-0.1, -0.05) is 12.1 Å². The number of carbonyl (C=O) groups is 1. The van der Waals surface area contributed by atoms with E-state index in [2.05, 4.69) is 15.1 Å². The Labute approximate surface area is 145 Å². The lowest BCUT2D eigenvalue weighted by atomic mass is 9.84. The van der Waals surface area contributed by atoms with Crippen LogP contribution in [0.25, 0.3) is 0 Å². The molecule has 0 radical (unpaired) electrons. The molecule has 8 heteroatoms. The number of nitrogens with zero attached hydrogens (tertiary/aromatic N) is 4. The molecule has 132 valence electrons. The van der Waals surface area contributed by atoms with Gasteiger partial charge in [-0.2, -0.15) is 0 Å². The SMILES string of the molecule is CCc1oncc1C(=O)N1CC2(C[C@H](Oc3cnccn3)CCO2)C1. The number of hydrogen-bond acceptors (Lipinski definition) is 7. The minimum absolute atomic E-state index is 0.0181. The Morgan fingerprint density at radius 1 is 1.40 bits per heavy atom. The third kappa shape index (κ3) is 3.09. The number of carbonyl (C=O) groups excluding carboxylic acids is 1. The molecule has 0 N–H and O–H groups in total. The van der Waals surface area contributed by atoms with Crippen molar-refractivity contribution in [3.8, 4) is 5.88 Å². The van der Waals surface area contributed by atoms with Crippen LogP contribution < -0.4 is 4.74 Å². The van der Waals surface area contributed by atoms with E-state index in [0.717, 1.165) is 12.8 Å². The number of aryl methyl sites for hydroxylation is 1. The van der Waals surface area contributed by atoms with Crippen molar-refractivity contribution >= 4 is 5.91 Å². The van der Waals surface area contributed by atoms with Crippen molar-refractivity contribution in [2.24, 2.45) is 0 Å². The number of amides is 1. The summed E-state index contributed by atoms with van der Waals surface area (Å²) < 4.78 is 17.0. The van der Waals surface area contributed by atoms with E-state index in [1.54, 1.807) is 23.5 Å². The second-order valence-electron chi connectivity index (χ2n) is 6.49. The fourth-order valence-electron chi connectivity index (χ4n) is 3.48. The molecule has 0 saturated carbocycles. The van der Waals surface area contributed by atoms with Gasteiger partial charge in [-0.15, -0.1) is 0 Å². The topological polar surface area (TPSA) is 90.6 Å². The summed E-state index contributed by atoms with van der Waals surface area (Å²) in [6.07, 6.45) is 8.52. The molecular formula is C17H20N4O4. The lowest BCUT2D eigenvalue weighted by Crippen LogP contribution is -2.67. The highest BCUT2D eigenvalue weighted by molar-refractivity contribution is 5.95. The van der Waals surface area contributed by atoms with Crippen LogP contribution in [0.15, 0.2) is 29.3 Å². The Kier molecular flexibility index (Phi) is 4.12. The first kappa shape index (κ1) is 16.0. The van der Waals surface area contributed by atoms with E-state index in [9.17, 15) is 4.79 Å². The van der Waals surface area contributed by atoms with Gasteiger partial charge in [0.05, 0.1) is 32.1 Å². The van der Waals surface area contributed by atoms with Crippen LogP contribution in [-0.4, -0.2) is 57.3 Å². The minimum atomic E-state index is -0.329. The van der Waals surface area contributed by atoms with Crippen LogP contribution in [0.4, 0.5) is 0 Å². The van der Waals surface area contributed by atoms with Crippen LogP contribution in [0.1, 0.15) is 35.9 Å². The lowest BCUT2D eigenvalue weighted by molar-refractivity contribution is -0.174. The summed E-state index contributed by atoms with van der Waals surface area (Å²) >= 11 is 0. The zero-order valence-corrected chi connectivity index (χ0v) is 14.1. The quantitative estimate of drug-likeness (QED) is 0.829. The fraction of sp³-hybridized carbons (Fsp3) is 0.529. The predicted octanol–water partition coefficient (Wildman–Crippen LogP) is 1.48. The first-order valence-electron chi connectivity index (χ1n) is 8.48. The van der Waals surface area contributed by atoms with Crippen LogP contribution >= 0.6 is 0 Å². The van der Waals surface area contributed by atoms with E-state index in [1.165, 1.54) is 6.20 Å². The third-order valence-electron chi connectivity index (χ3n) is 4.72. The summed E-state index contributed by atoms with van der Waals surface area (Å²) in [6, 6.07) is 0. The van der Waals surface area contributed by atoms with Gasteiger partial charge in [-0.05, 0) is 0 Å². The maximum atomic E-state index is 12.6. The zero-order valence-electron chi connectivity index (χ0n) is 14.1. The molecule has 0 bridgehead atoms. The molecule has 8 nitrogen and oxygen atoms in total. The number of ether oxygens (including phenoxy) is 2. The van der Waals surface area contributed by atoms with Gasteiger partial charge >= 0.3 is 0 Å². The summed E-state index contributed by atoms with van der Waals surface area (Å²) in [6.45, 7) is 3.66. The minimum Gasteiger partial charge on any atom is -0.473 e. The van der Waals surface area contributed by atoms with Gasteiger partial charge in [0, 0.05) is 31.7 Å². The van der Waals surface area contributed by atoms with Crippen molar-refractivity contribution in [2.45, 2.75) is 37.9 Å². The number of rotatable bonds is 4. The first-order chi connectivity index (χ1) is 12.2. The first-order valence-corrected chi connectivity index (χ1v) is 8.48. The summed E-state index contributed by atoms with van der Waals surface area (Å²) in [5.41, 5.74) is 0.213. The molecule has 2 saturated heterocycles. The highest BCUT2D eigenvalue weighted by atomic mass is 16.5. The second-order valence-corrected chi connectivity index (χ2v) is 6.49. The molecule has 2 fully saturated rings. The number of hydrogen-bond donors (Lipinski definition) is 0. The van der Waals surface area contributed by atoms with Crippen molar-refractivity contribution in [3.05, 3.63) is 36.1 Å². The zero-order chi connectivity index (χ0) is 17.3. The fourth-order valence-corrected chi connectivity index (χ4v) is 3.48. The summed E-state index contributed by atoms with van der Waals surface area (Å²) in [4.78, 5) is 22.5. The molecule has 4 rings (SSSR count). The normalized spacial score (nSPS) is 21.8. The molecule has 4 heterocycles. The van der Waals surface area contributed by atoms with Gasteiger partial charge in [0.15, 0.2) is 0 Å². The molecular weight excluding hydrogens is 324 g/mol. The van der Waals surface area contributed by atoms with E-state index in [-0.39, 0.29) is 17.6 Å². The van der Waals surface area contributed by atoms with E-state index in [0.29, 0.717) is 43.3 Å². The molecule has 1 amide bonds. The molecule has 2 aliphatic rings. The van der Waals surface area contributed by atoms with Crippen molar-refractivity contribution in [1.29, 1.82) is 0 Å². The summed E-state index contributed by atoms with van der Waals surface area (Å²) in [7, 11) is 0. The summed E-state index contributed by atoms with van der Waals surface area (Å²) in [5, 5.41) is 3.73. The Hall–Kier alpha value is -2.48. The molecule has 0 unspecified atom stereocenters. The molecule has 1 atom stereocenters. The lowest BCUT2D eigenvalue weighted by Gasteiger charge is -2.52. The van der Waals surface area contributed by atoms with E-state index in [4.69, 9.17) is 14.0 Å². The van der Waals surface area contributed by atoms with E-state index >= 15 is 0 Å². The average Bonchev–Trinajstić information content (AvgIpc) is 3.09. The molecule has 25 heavy (non-hydrogen) atoms. The molecule has 1 spiro atoms. The van der Waals surface area contributed by atoms with Gasteiger partial charge in [0.2, 0.25) is 5.88 Å². The number of likely N-dealkylation sites (tertiary alicyclic amines) is 1. The smallest absolute Gasteiger partial charge is 0.259 e. The van der Waals surface area contributed by atoms with E-state index < -0.39 is 0 Å². The van der Waals surface area contributed by atoms with Crippen molar-refractivity contribution < 1.29 is 18.8 Å². The van der Waals surface area contributed by atoms with Gasteiger partial charge < -0.3 is 18.9 Å². The maximum absolute atomic E-state index is 12.6. The van der Waals surface area contributed by atoms with Crippen molar-refractivity contribution in [2.75, 3.05) is 19.7 Å². The molecule has 0 aromatic carbocycles. The van der Waals surface area contributed by atoms with Gasteiger partial charge in [0.1, 0.15) is 23.0 Å². The highest BCUT2D eigenvalue weighted by Crippen LogP contribution is 2.36. The Bertz CT molecular complexity index is 742. The monoisotopic (exact) mass is 344 g/mol. The molecule has 0 aliphatic carbocycles. The molecule has 2 aromatic rings. The van der Waals surface area contributed by atoms with Crippen LogP contribution in [0, 0.1) is 0 Å².